The van der Waals surface area contributed by atoms with E-state index in [0.717, 1.165) is 31.4 Å². The van der Waals surface area contributed by atoms with Gasteiger partial charge in [0.15, 0.2) is 0 Å². The van der Waals surface area contributed by atoms with Gasteiger partial charge >= 0.3 is 11.9 Å². The van der Waals surface area contributed by atoms with E-state index in [1.165, 1.54) is 38.5 Å². The molecule has 0 bridgehead atoms. The molecule has 0 aromatic heterocycles. The molecule has 2 aromatic rings. The number of carbonyl (C=O) groups is 2. The maximum Gasteiger partial charge on any atom is 0.343 e. The summed E-state index contributed by atoms with van der Waals surface area (Å²) < 4.78 is 16.7. The topological polar surface area (TPSA) is 61.8 Å². The lowest BCUT2D eigenvalue weighted by Gasteiger charge is -2.13. The molecule has 0 spiro atoms. The summed E-state index contributed by atoms with van der Waals surface area (Å²) in [6.07, 6.45) is 11.3. The monoisotopic (exact) mass is 468 g/mol. The van der Waals surface area contributed by atoms with Crippen molar-refractivity contribution in [1.82, 2.24) is 0 Å². The molecule has 0 aliphatic rings. The zero-order valence-electron chi connectivity index (χ0n) is 21.0. The first kappa shape index (κ1) is 27.4. The largest absolute Gasteiger partial charge is 0.494 e. The van der Waals surface area contributed by atoms with Crippen molar-refractivity contribution in [1.29, 1.82) is 0 Å². The van der Waals surface area contributed by atoms with Crippen LogP contribution >= 0.6 is 0 Å². The summed E-state index contributed by atoms with van der Waals surface area (Å²) in [5, 5.41) is 0. The van der Waals surface area contributed by atoms with Gasteiger partial charge in [0.2, 0.25) is 0 Å². The smallest absolute Gasteiger partial charge is 0.343 e. The van der Waals surface area contributed by atoms with Crippen LogP contribution in [0.3, 0.4) is 0 Å². The van der Waals surface area contributed by atoms with E-state index in [1.807, 2.05) is 6.92 Å². The van der Waals surface area contributed by atoms with Gasteiger partial charge in [-0.2, -0.15) is 0 Å². The Bertz CT molecular complexity index is 842. The highest BCUT2D eigenvalue weighted by Crippen LogP contribution is 2.18. The van der Waals surface area contributed by atoms with Crippen LogP contribution in [-0.4, -0.2) is 24.6 Å². The van der Waals surface area contributed by atoms with Crippen LogP contribution in [-0.2, 0) is 4.74 Å². The Hall–Kier alpha value is -2.82. The van der Waals surface area contributed by atoms with Crippen molar-refractivity contribution < 1.29 is 23.8 Å². The normalized spacial score (nSPS) is 11.6. The first-order chi connectivity index (χ1) is 16.5. The number of unbranched alkanes of at least 4 members (excludes halogenated alkanes) is 7. The first-order valence-electron chi connectivity index (χ1n) is 12.8. The van der Waals surface area contributed by atoms with E-state index in [2.05, 4.69) is 13.8 Å². The van der Waals surface area contributed by atoms with Crippen LogP contribution in [0.15, 0.2) is 48.5 Å². The van der Waals surface area contributed by atoms with E-state index in [0.29, 0.717) is 23.5 Å². The zero-order chi connectivity index (χ0) is 24.6. The van der Waals surface area contributed by atoms with Crippen LogP contribution in [0.25, 0.3) is 0 Å². The molecule has 1 atom stereocenters. The fourth-order valence-electron chi connectivity index (χ4n) is 3.58. The summed E-state index contributed by atoms with van der Waals surface area (Å²) in [6.45, 7) is 6.98. The Balaban J connectivity index is 1.76. The molecule has 2 aromatic carbocycles. The summed E-state index contributed by atoms with van der Waals surface area (Å²) in [4.78, 5) is 24.8. The van der Waals surface area contributed by atoms with Crippen molar-refractivity contribution in [3.05, 3.63) is 59.7 Å². The second kappa shape index (κ2) is 15.9. The van der Waals surface area contributed by atoms with Crippen molar-refractivity contribution in [3.8, 4) is 11.5 Å². The second-order valence-electron chi connectivity index (χ2n) is 8.77. The average molecular weight is 469 g/mol. The molecule has 186 valence electrons. The Morgan fingerprint density at radius 2 is 1.21 bits per heavy atom. The molecule has 1 unspecified atom stereocenters. The van der Waals surface area contributed by atoms with Crippen molar-refractivity contribution in [2.75, 3.05) is 6.61 Å². The Labute approximate surface area is 204 Å². The average Bonchev–Trinajstić information content (AvgIpc) is 2.84. The fraction of sp³-hybridized carbons (Fsp3) is 0.517. The molecule has 0 amide bonds. The van der Waals surface area contributed by atoms with Gasteiger partial charge in [0.25, 0.3) is 0 Å². The predicted octanol–water partition coefficient (Wildman–Crippen LogP) is 7.77. The Morgan fingerprint density at radius 3 is 1.82 bits per heavy atom. The standard InChI is InChI=1S/C29H40O5/c1-4-6-8-10-12-22-32-26-18-14-25(15-19-26)29(31)34-27-20-16-24(17-21-27)28(30)33-23(3)13-11-9-7-5-2/h14-21,23H,4-13,22H2,1-3H3. The number of hydrogen-bond donors (Lipinski definition) is 0. The molecule has 0 saturated carbocycles. The maximum atomic E-state index is 12.4. The summed E-state index contributed by atoms with van der Waals surface area (Å²) in [5.41, 5.74) is 0.882. The van der Waals surface area contributed by atoms with Gasteiger partial charge in [0, 0.05) is 0 Å². The number of esters is 2. The predicted molar refractivity (Wildman–Crippen MR) is 136 cm³/mol. The van der Waals surface area contributed by atoms with Gasteiger partial charge in [0.1, 0.15) is 11.5 Å². The number of rotatable bonds is 16. The molecule has 2 rings (SSSR count). The lowest BCUT2D eigenvalue weighted by molar-refractivity contribution is 0.0319. The molecule has 0 aliphatic carbocycles. The van der Waals surface area contributed by atoms with Gasteiger partial charge in [-0.3, -0.25) is 0 Å². The summed E-state index contributed by atoms with van der Waals surface area (Å²) in [6, 6.07) is 13.4. The van der Waals surface area contributed by atoms with E-state index in [1.54, 1.807) is 48.5 Å². The Morgan fingerprint density at radius 1 is 0.676 bits per heavy atom. The lowest BCUT2D eigenvalue weighted by Crippen LogP contribution is -2.15. The molecule has 0 saturated heterocycles. The van der Waals surface area contributed by atoms with Crippen LogP contribution in [0.5, 0.6) is 11.5 Å². The van der Waals surface area contributed by atoms with E-state index in [9.17, 15) is 9.59 Å². The van der Waals surface area contributed by atoms with Crippen LogP contribution in [0.2, 0.25) is 0 Å². The van der Waals surface area contributed by atoms with Crippen LogP contribution in [0, 0.1) is 0 Å². The SMILES string of the molecule is CCCCCCCOc1ccc(C(=O)Oc2ccc(C(=O)OC(C)CCCCCC)cc2)cc1. The van der Waals surface area contributed by atoms with Gasteiger partial charge in [0.05, 0.1) is 23.8 Å². The molecular formula is C29H40O5. The molecule has 0 aliphatic heterocycles. The number of benzene rings is 2. The van der Waals surface area contributed by atoms with Crippen LogP contribution < -0.4 is 9.47 Å². The highest BCUT2D eigenvalue weighted by Gasteiger charge is 2.13. The second-order valence-corrected chi connectivity index (χ2v) is 8.77. The quantitative estimate of drug-likeness (QED) is 0.143. The van der Waals surface area contributed by atoms with Gasteiger partial charge in [-0.05, 0) is 74.7 Å². The number of ether oxygens (including phenoxy) is 3. The summed E-state index contributed by atoms with van der Waals surface area (Å²) in [7, 11) is 0. The van der Waals surface area contributed by atoms with Crippen molar-refractivity contribution >= 4 is 11.9 Å². The molecule has 0 heterocycles. The van der Waals surface area contributed by atoms with Crippen LogP contribution in [0.1, 0.15) is 106 Å². The minimum atomic E-state index is -0.456. The minimum absolute atomic E-state index is 0.116. The van der Waals surface area contributed by atoms with Gasteiger partial charge < -0.3 is 14.2 Å². The highest BCUT2D eigenvalue weighted by atomic mass is 16.5. The molecule has 0 fully saturated rings. The van der Waals surface area contributed by atoms with E-state index < -0.39 is 5.97 Å². The molecule has 5 nitrogen and oxygen atoms in total. The third-order valence-corrected chi connectivity index (χ3v) is 5.68. The highest BCUT2D eigenvalue weighted by molar-refractivity contribution is 5.92. The van der Waals surface area contributed by atoms with Gasteiger partial charge in [-0.25, -0.2) is 9.59 Å². The van der Waals surface area contributed by atoms with E-state index >= 15 is 0 Å². The molecule has 0 N–H and O–H groups in total. The first-order valence-corrected chi connectivity index (χ1v) is 12.8. The fourth-order valence-corrected chi connectivity index (χ4v) is 3.58. The maximum absolute atomic E-state index is 12.4. The van der Waals surface area contributed by atoms with E-state index in [-0.39, 0.29) is 12.1 Å². The number of hydrogen-bond acceptors (Lipinski definition) is 5. The van der Waals surface area contributed by atoms with Gasteiger partial charge in [-0.1, -0.05) is 58.8 Å². The lowest BCUT2D eigenvalue weighted by atomic mass is 10.1. The van der Waals surface area contributed by atoms with Crippen molar-refractivity contribution in [2.24, 2.45) is 0 Å². The number of carbonyl (C=O) groups excluding carboxylic acids is 2. The third kappa shape index (κ3) is 10.4. The van der Waals surface area contributed by atoms with E-state index in [4.69, 9.17) is 14.2 Å². The summed E-state index contributed by atoms with van der Waals surface area (Å²) >= 11 is 0. The molecule has 34 heavy (non-hydrogen) atoms. The third-order valence-electron chi connectivity index (χ3n) is 5.68. The molecule has 0 radical (unpaired) electrons. The molecular weight excluding hydrogens is 428 g/mol. The van der Waals surface area contributed by atoms with Crippen molar-refractivity contribution in [2.45, 2.75) is 91.1 Å². The summed E-state index contributed by atoms with van der Waals surface area (Å²) in [5.74, 6) is 0.306. The minimum Gasteiger partial charge on any atom is -0.494 e. The Kier molecular flexibility index (Phi) is 12.8. The molecule has 5 heteroatoms. The van der Waals surface area contributed by atoms with Gasteiger partial charge in [-0.15, -0.1) is 0 Å². The van der Waals surface area contributed by atoms with Crippen molar-refractivity contribution in [3.63, 3.8) is 0 Å². The van der Waals surface area contributed by atoms with Crippen LogP contribution in [0.4, 0.5) is 0 Å². The zero-order valence-corrected chi connectivity index (χ0v) is 21.0.